The summed E-state index contributed by atoms with van der Waals surface area (Å²) in [5.74, 6) is -1.73. The van der Waals surface area contributed by atoms with Crippen molar-refractivity contribution >= 4 is 23.6 Å². The molecule has 1 fully saturated rings. The Bertz CT molecular complexity index is 770. The molecule has 0 bridgehead atoms. The number of pyridine rings is 1. The number of ether oxygens (including phenoxy) is 1. The first-order valence-electron chi connectivity index (χ1n) is 8.61. The number of piperidine rings is 1. The molecule has 8 nitrogen and oxygen atoms in total. The average Bonchev–Trinajstić information content (AvgIpc) is 2.57. The quantitative estimate of drug-likeness (QED) is 0.647. The van der Waals surface area contributed by atoms with Crippen molar-refractivity contribution in [2.24, 2.45) is 5.41 Å². The molecule has 0 aromatic carbocycles. The zero-order chi connectivity index (χ0) is 20.4. The number of aliphatic carboxylic acids is 1. The molecule has 1 aliphatic rings. The zero-order valence-corrected chi connectivity index (χ0v) is 15.4. The van der Waals surface area contributed by atoms with E-state index in [0.29, 0.717) is 0 Å². The predicted molar refractivity (Wildman–Crippen MR) is 96.5 cm³/mol. The third-order valence-corrected chi connectivity index (χ3v) is 4.92. The number of halogens is 1. The van der Waals surface area contributed by atoms with Gasteiger partial charge in [0.2, 0.25) is 0 Å². The van der Waals surface area contributed by atoms with E-state index in [4.69, 9.17) is 10.5 Å². The summed E-state index contributed by atoms with van der Waals surface area (Å²) < 4.78 is 20.2. The highest BCUT2D eigenvalue weighted by atomic mass is 19.1. The number of nitrogens with zero attached hydrogens (tertiary/aromatic N) is 2. The Morgan fingerprint density at radius 2 is 2.19 bits per heavy atom. The number of carboxylic acids is 1. The molecule has 0 spiro atoms. The topological polar surface area (TPSA) is 126 Å². The molecule has 148 valence electrons. The number of carboxylic acid groups (broad SMARTS) is 2. The molecule has 1 saturated heterocycles. The number of anilines is 1. The lowest BCUT2D eigenvalue weighted by Crippen LogP contribution is -2.51. The Hall–Kier alpha value is -2.84. The van der Waals surface area contributed by atoms with E-state index >= 15 is 0 Å². The minimum Gasteiger partial charge on any atom is -0.494 e. The van der Waals surface area contributed by atoms with Gasteiger partial charge < -0.3 is 25.6 Å². The number of amides is 1. The lowest BCUT2D eigenvalue weighted by atomic mass is 9.72. The molecule has 27 heavy (non-hydrogen) atoms. The third kappa shape index (κ3) is 4.12. The smallest absolute Gasteiger partial charge is 0.407 e. The van der Waals surface area contributed by atoms with E-state index in [-0.39, 0.29) is 55.2 Å². The van der Waals surface area contributed by atoms with Crippen molar-refractivity contribution in [3.63, 3.8) is 0 Å². The van der Waals surface area contributed by atoms with Gasteiger partial charge in [0, 0.05) is 19.0 Å². The summed E-state index contributed by atoms with van der Waals surface area (Å²) in [6, 6.07) is 0.772. The highest BCUT2D eigenvalue weighted by molar-refractivity contribution is 5.76. The SMILES string of the molecule is C=C(OCC)c1cc(N)nc(C[C@@]2(C(=O)O)CCN(C(=O)O)[C@H](C)C2)c1F. The van der Waals surface area contributed by atoms with Crippen LogP contribution in [0.4, 0.5) is 15.0 Å². The van der Waals surface area contributed by atoms with Crippen molar-refractivity contribution in [1.82, 2.24) is 9.88 Å². The first kappa shape index (κ1) is 20.5. The van der Waals surface area contributed by atoms with Crippen LogP contribution in [0.1, 0.15) is 37.9 Å². The number of nitrogens with two attached hydrogens (primary N) is 1. The second-order valence-electron chi connectivity index (χ2n) is 6.75. The van der Waals surface area contributed by atoms with Gasteiger partial charge in [-0.2, -0.15) is 0 Å². The van der Waals surface area contributed by atoms with Gasteiger partial charge in [-0.1, -0.05) is 6.58 Å². The van der Waals surface area contributed by atoms with Gasteiger partial charge >= 0.3 is 12.1 Å². The monoisotopic (exact) mass is 381 g/mol. The summed E-state index contributed by atoms with van der Waals surface area (Å²) in [5.41, 5.74) is 4.38. The maximum atomic E-state index is 15.0. The molecular weight excluding hydrogens is 357 g/mol. The van der Waals surface area contributed by atoms with Gasteiger partial charge in [0.25, 0.3) is 0 Å². The van der Waals surface area contributed by atoms with E-state index in [0.717, 1.165) is 0 Å². The van der Waals surface area contributed by atoms with Crippen LogP contribution < -0.4 is 5.73 Å². The predicted octanol–water partition coefficient (Wildman–Crippen LogP) is 2.59. The number of likely N-dealkylation sites (tertiary alicyclic amines) is 1. The fourth-order valence-electron chi connectivity index (χ4n) is 3.54. The fraction of sp³-hybridized carbons (Fsp3) is 0.500. The Kier molecular flexibility index (Phi) is 5.92. The second kappa shape index (κ2) is 7.81. The first-order valence-corrected chi connectivity index (χ1v) is 8.61. The molecule has 1 aliphatic heterocycles. The van der Waals surface area contributed by atoms with Crippen LogP contribution in [0.2, 0.25) is 0 Å². The van der Waals surface area contributed by atoms with Crippen LogP contribution in [-0.4, -0.2) is 51.4 Å². The van der Waals surface area contributed by atoms with Gasteiger partial charge in [-0.15, -0.1) is 0 Å². The third-order valence-electron chi connectivity index (χ3n) is 4.92. The van der Waals surface area contributed by atoms with Crippen LogP contribution in [-0.2, 0) is 16.0 Å². The van der Waals surface area contributed by atoms with Gasteiger partial charge in [-0.05, 0) is 32.8 Å². The number of rotatable bonds is 6. The summed E-state index contributed by atoms with van der Waals surface area (Å²) in [6.07, 6.45) is -1.21. The number of hydrogen-bond donors (Lipinski definition) is 3. The van der Waals surface area contributed by atoms with Gasteiger partial charge in [0.05, 0.1) is 23.3 Å². The lowest BCUT2D eigenvalue weighted by Gasteiger charge is -2.42. The van der Waals surface area contributed by atoms with E-state index in [2.05, 4.69) is 11.6 Å². The Morgan fingerprint density at radius 3 is 2.70 bits per heavy atom. The van der Waals surface area contributed by atoms with E-state index in [1.807, 2.05) is 0 Å². The van der Waals surface area contributed by atoms with Crippen LogP contribution in [0.15, 0.2) is 12.6 Å². The van der Waals surface area contributed by atoms with Gasteiger partial charge in [-0.3, -0.25) is 4.79 Å². The number of aromatic nitrogens is 1. The van der Waals surface area contributed by atoms with Gasteiger partial charge in [0.1, 0.15) is 11.6 Å². The van der Waals surface area contributed by atoms with Crippen LogP contribution >= 0.6 is 0 Å². The number of hydrogen-bond acceptors (Lipinski definition) is 5. The molecule has 2 heterocycles. The normalized spacial score (nSPS) is 22.3. The fourth-order valence-corrected chi connectivity index (χ4v) is 3.54. The standard InChI is InChI=1S/C18H24FN3O5/c1-4-27-11(3)12-7-14(20)21-13(15(12)19)9-18(16(23)24)5-6-22(17(25)26)10(2)8-18/h7,10H,3-6,8-9H2,1-2H3,(H2,20,21)(H,23,24)(H,25,26)/t10-,18-/m1/s1. The van der Waals surface area contributed by atoms with Crippen molar-refractivity contribution in [3.05, 3.63) is 29.7 Å². The minimum absolute atomic E-state index is 0.0267. The molecule has 9 heteroatoms. The Morgan fingerprint density at radius 1 is 1.52 bits per heavy atom. The maximum absolute atomic E-state index is 15.0. The molecular formula is C18H24FN3O5. The summed E-state index contributed by atoms with van der Waals surface area (Å²) >= 11 is 0. The van der Waals surface area contributed by atoms with E-state index < -0.39 is 29.3 Å². The Balaban J connectivity index is 2.39. The molecule has 1 aromatic rings. The first-order chi connectivity index (χ1) is 12.6. The van der Waals surface area contributed by atoms with E-state index in [1.54, 1.807) is 13.8 Å². The largest absolute Gasteiger partial charge is 0.494 e. The molecule has 2 rings (SSSR count). The lowest BCUT2D eigenvalue weighted by molar-refractivity contribution is -0.153. The molecule has 0 unspecified atom stereocenters. The van der Waals surface area contributed by atoms with Crippen molar-refractivity contribution in [2.45, 2.75) is 39.2 Å². The highest BCUT2D eigenvalue weighted by Gasteiger charge is 2.46. The van der Waals surface area contributed by atoms with Gasteiger partial charge in [-0.25, -0.2) is 14.2 Å². The molecule has 4 N–H and O–H groups in total. The van der Waals surface area contributed by atoms with Crippen LogP contribution in [0.25, 0.3) is 5.76 Å². The van der Waals surface area contributed by atoms with Gasteiger partial charge in [0.15, 0.2) is 5.82 Å². The van der Waals surface area contributed by atoms with E-state index in [1.165, 1.54) is 11.0 Å². The van der Waals surface area contributed by atoms with Crippen molar-refractivity contribution in [3.8, 4) is 0 Å². The molecule has 1 amide bonds. The second-order valence-corrected chi connectivity index (χ2v) is 6.75. The van der Waals surface area contributed by atoms with Crippen molar-refractivity contribution in [2.75, 3.05) is 18.9 Å². The van der Waals surface area contributed by atoms with Crippen molar-refractivity contribution in [1.29, 1.82) is 0 Å². The summed E-state index contributed by atoms with van der Waals surface area (Å²) in [7, 11) is 0. The van der Waals surface area contributed by atoms with Crippen molar-refractivity contribution < 1.29 is 28.9 Å². The number of carbonyl (C=O) groups is 2. The average molecular weight is 381 g/mol. The van der Waals surface area contributed by atoms with Crippen LogP contribution in [0.5, 0.6) is 0 Å². The maximum Gasteiger partial charge on any atom is 0.407 e. The number of nitrogen functional groups attached to an aromatic ring is 1. The summed E-state index contributed by atoms with van der Waals surface area (Å²) in [6.45, 7) is 7.36. The summed E-state index contributed by atoms with van der Waals surface area (Å²) in [5, 5.41) is 19.0. The van der Waals surface area contributed by atoms with E-state index in [9.17, 15) is 24.2 Å². The molecule has 2 atom stereocenters. The molecule has 0 saturated carbocycles. The molecule has 0 aliphatic carbocycles. The minimum atomic E-state index is -1.34. The van der Waals surface area contributed by atoms with Crippen LogP contribution in [0, 0.1) is 11.2 Å². The molecule has 1 aromatic heterocycles. The molecule has 0 radical (unpaired) electrons. The zero-order valence-electron chi connectivity index (χ0n) is 15.4. The van der Waals surface area contributed by atoms with Crippen LogP contribution in [0.3, 0.4) is 0 Å². The highest BCUT2D eigenvalue weighted by Crippen LogP contribution is 2.39. The summed E-state index contributed by atoms with van der Waals surface area (Å²) in [4.78, 5) is 28.5. The Labute approximate surface area is 156 Å².